The Bertz CT molecular complexity index is 519. The third-order valence-corrected chi connectivity index (χ3v) is 4.58. The lowest BCUT2D eigenvalue weighted by atomic mass is 10.1. The van der Waals surface area contributed by atoms with E-state index in [0.717, 1.165) is 25.0 Å². The topological polar surface area (TPSA) is 41.6 Å². The summed E-state index contributed by atoms with van der Waals surface area (Å²) >= 11 is 12.1. The second-order valence-electron chi connectivity index (χ2n) is 5.70. The Morgan fingerprint density at radius 2 is 2.27 bits per heavy atom. The number of hydrogen-bond acceptors (Lipinski definition) is 3. The van der Waals surface area contributed by atoms with Crippen molar-refractivity contribution in [2.45, 2.75) is 31.9 Å². The van der Waals surface area contributed by atoms with Crippen molar-refractivity contribution in [3.8, 4) is 0 Å². The van der Waals surface area contributed by atoms with Crippen LogP contribution in [0.3, 0.4) is 0 Å². The van der Waals surface area contributed by atoms with E-state index in [0.29, 0.717) is 23.1 Å². The summed E-state index contributed by atoms with van der Waals surface area (Å²) in [4.78, 5) is 14.0. The highest BCUT2D eigenvalue weighted by molar-refractivity contribution is 6.35. The maximum Gasteiger partial charge on any atom is 0.234 e. The molecular formula is C16H22Cl2N2O2. The van der Waals surface area contributed by atoms with Gasteiger partial charge in [-0.25, -0.2) is 0 Å². The van der Waals surface area contributed by atoms with Crippen molar-refractivity contribution >= 4 is 29.1 Å². The molecule has 1 amide bonds. The third-order valence-electron chi connectivity index (χ3n) is 4.02. The van der Waals surface area contributed by atoms with Crippen LogP contribution in [-0.2, 0) is 9.53 Å². The Kier molecular flexibility index (Phi) is 6.50. The Morgan fingerprint density at radius 3 is 2.91 bits per heavy atom. The molecule has 1 N–H and O–H groups in total. The number of benzene rings is 1. The van der Waals surface area contributed by atoms with Gasteiger partial charge in [-0.15, -0.1) is 0 Å². The van der Waals surface area contributed by atoms with Gasteiger partial charge in [0.05, 0.1) is 12.6 Å². The number of nitrogens with one attached hydrogen (secondary N) is 1. The molecule has 22 heavy (non-hydrogen) atoms. The van der Waals surface area contributed by atoms with E-state index < -0.39 is 0 Å². The molecule has 1 aromatic carbocycles. The minimum atomic E-state index is -0.00469. The summed E-state index contributed by atoms with van der Waals surface area (Å²) < 4.78 is 5.49. The molecule has 0 unspecified atom stereocenters. The van der Waals surface area contributed by atoms with Crippen molar-refractivity contribution in [3.05, 3.63) is 33.8 Å². The lowest BCUT2D eigenvalue weighted by Gasteiger charge is -2.25. The van der Waals surface area contributed by atoms with Gasteiger partial charge in [-0.3, -0.25) is 9.69 Å². The molecule has 2 rings (SSSR count). The van der Waals surface area contributed by atoms with Crippen LogP contribution in [0.25, 0.3) is 0 Å². The Morgan fingerprint density at radius 1 is 1.50 bits per heavy atom. The second-order valence-corrected chi connectivity index (χ2v) is 6.54. The zero-order chi connectivity index (χ0) is 16.1. The molecule has 0 saturated carbocycles. The van der Waals surface area contributed by atoms with E-state index >= 15 is 0 Å². The molecule has 0 aliphatic carbocycles. The molecule has 1 saturated heterocycles. The van der Waals surface area contributed by atoms with Gasteiger partial charge in [-0.1, -0.05) is 29.3 Å². The smallest absolute Gasteiger partial charge is 0.234 e. The first-order chi connectivity index (χ1) is 10.5. The lowest BCUT2D eigenvalue weighted by Crippen LogP contribution is -2.39. The average molecular weight is 345 g/mol. The predicted molar refractivity (Wildman–Crippen MR) is 89.5 cm³/mol. The summed E-state index contributed by atoms with van der Waals surface area (Å²) in [6, 6.07) is 5.46. The maximum absolute atomic E-state index is 12.0. The van der Waals surface area contributed by atoms with Crippen LogP contribution < -0.4 is 5.32 Å². The van der Waals surface area contributed by atoms with Crippen molar-refractivity contribution in [3.63, 3.8) is 0 Å². The van der Waals surface area contributed by atoms with Crippen LogP contribution in [0.5, 0.6) is 0 Å². The summed E-state index contributed by atoms with van der Waals surface area (Å²) in [7, 11) is 1.90. The molecule has 0 bridgehead atoms. The van der Waals surface area contributed by atoms with E-state index in [4.69, 9.17) is 27.9 Å². The monoisotopic (exact) mass is 344 g/mol. The highest BCUT2D eigenvalue weighted by atomic mass is 35.5. The summed E-state index contributed by atoms with van der Waals surface area (Å²) in [6.07, 6.45) is 2.26. The molecule has 0 aromatic heterocycles. The van der Waals surface area contributed by atoms with Crippen LogP contribution in [0.2, 0.25) is 10.0 Å². The van der Waals surface area contributed by atoms with Gasteiger partial charge in [-0.2, -0.15) is 0 Å². The van der Waals surface area contributed by atoms with Gasteiger partial charge in [0.2, 0.25) is 5.91 Å². The normalized spacial score (nSPS) is 19.4. The molecule has 122 valence electrons. The van der Waals surface area contributed by atoms with Gasteiger partial charge in [0.15, 0.2) is 0 Å². The van der Waals surface area contributed by atoms with Gasteiger partial charge in [0.1, 0.15) is 0 Å². The number of hydrogen-bond donors (Lipinski definition) is 1. The second kappa shape index (κ2) is 8.16. The van der Waals surface area contributed by atoms with Gasteiger partial charge in [0.25, 0.3) is 0 Å². The van der Waals surface area contributed by atoms with Crippen LogP contribution in [0.4, 0.5) is 0 Å². The average Bonchev–Trinajstić information content (AvgIpc) is 2.97. The van der Waals surface area contributed by atoms with E-state index in [-0.39, 0.29) is 18.1 Å². The van der Waals surface area contributed by atoms with Crippen molar-refractivity contribution in [2.24, 2.45) is 0 Å². The zero-order valence-corrected chi connectivity index (χ0v) is 14.5. The number of halogens is 2. The highest BCUT2D eigenvalue weighted by Crippen LogP contribution is 2.28. The molecule has 1 aliphatic heterocycles. The number of ether oxygens (including phenoxy) is 1. The van der Waals surface area contributed by atoms with E-state index in [9.17, 15) is 4.79 Å². The van der Waals surface area contributed by atoms with E-state index in [2.05, 4.69) is 5.32 Å². The molecule has 1 aromatic rings. The van der Waals surface area contributed by atoms with Crippen molar-refractivity contribution < 1.29 is 9.53 Å². The zero-order valence-electron chi connectivity index (χ0n) is 12.9. The predicted octanol–water partition coefficient (Wildman–Crippen LogP) is 3.28. The lowest BCUT2D eigenvalue weighted by molar-refractivity contribution is -0.122. The van der Waals surface area contributed by atoms with Crippen LogP contribution in [-0.4, -0.2) is 43.7 Å². The van der Waals surface area contributed by atoms with Gasteiger partial charge in [-0.05, 0) is 44.5 Å². The summed E-state index contributed by atoms with van der Waals surface area (Å²) in [5, 5.41) is 4.15. The molecule has 1 fully saturated rings. The molecule has 1 aliphatic rings. The standard InChI is InChI=1S/C16H22Cl2N2O2/c1-11(14-6-5-12(17)8-15(14)18)20(2)10-16(21)19-9-13-4-3-7-22-13/h5-6,8,11,13H,3-4,7,9-10H2,1-2H3,(H,19,21)/t11-,13-/m0/s1. The fourth-order valence-corrected chi connectivity index (χ4v) is 3.10. The largest absolute Gasteiger partial charge is 0.376 e. The third kappa shape index (κ3) is 4.85. The Labute approximate surface area is 141 Å². The minimum Gasteiger partial charge on any atom is -0.376 e. The number of carbonyl (C=O) groups is 1. The first-order valence-electron chi connectivity index (χ1n) is 7.51. The number of likely N-dealkylation sites (N-methyl/N-ethyl adjacent to an activating group) is 1. The quantitative estimate of drug-likeness (QED) is 0.860. The number of nitrogens with zero attached hydrogens (tertiary/aromatic N) is 1. The maximum atomic E-state index is 12.0. The van der Waals surface area contributed by atoms with Crippen molar-refractivity contribution in [1.29, 1.82) is 0 Å². The molecule has 1 heterocycles. The molecule has 0 radical (unpaired) electrons. The molecule has 2 atom stereocenters. The fraction of sp³-hybridized carbons (Fsp3) is 0.562. The Balaban J connectivity index is 1.84. The van der Waals surface area contributed by atoms with E-state index in [1.165, 1.54) is 0 Å². The number of carbonyl (C=O) groups excluding carboxylic acids is 1. The van der Waals surface area contributed by atoms with Crippen LogP contribution in [0, 0.1) is 0 Å². The van der Waals surface area contributed by atoms with Crippen LogP contribution in [0.1, 0.15) is 31.4 Å². The molecule has 4 nitrogen and oxygen atoms in total. The van der Waals surface area contributed by atoms with E-state index in [1.807, 2.05) is 31.0 Å². The highest BCUT2D eigenvalue weighted by Gasteiger charge is 2.19. The van der Waals surface area contributed by atoms with Crippen LogP contribution >= 0.6 is 23.2 Å². The van der Waals surface area contributed by atoms with Crippen LogP contribution in [0.15, 0.2) is 18.2 Å². The van der Waals surface area contributed by atoms with Crippen molar-refractivity contribution in [1.82, 2.24) is 10.2 Å². The summed E-state index contributed by atoms with van der Waals surface area (Å²) in [5.41, 5.74) is 0.959. The molecule has 0 spiro atoms. The van der Waals surface area contributed by atoms with Gasteiger partial charge < -0.3 is 10.1 Å². The first kappa shape index (κ1) is 17.5. The van der Waals surface area contributed by atoms with Crippen molar-refractivity contribution in [2.75, 3.05) is 26.7 Å². The Hall–Kier alpha value is -0.810. The molecule has 6 heteroatoms. The fourth-order valence-electron chi connectivity index (χ4n) is 2.53. The first-order valence-corrected chi connectivity index (χ1v) is 8.26. The number of amides is 1. The summed E-state index contributed by atoms with van der Waals surface area (Å²) in [5.74, 6) is -0.00469. The van der Waals surface area contributed by atoms with Gasteiger partial charge >= 0.3 is 0 Å². The summed E-state index contributed by atoms with van der Waals surface area (Å²) in [6.45, 7) is 3.71. The minimum absolute atomic E-state index is 0.00469. The molecular weight excluding hydrogens is 323 g/mol. The van der Waals surface area contributed by atoms with E-state index in [1.54, 1.807) is 6.07 Å². The SMILES string of the molecule is C[C@@H](c1ccc(Cl)cc1Cl)N(C)CC(=O)NC[C@@H]1CCCO1. The number of rotatable bonds is 6. The van der Waals surface area contributed by atoms with Gasteiger partial charge in [0, 0.05) is 29.2 Å².